The van der Waals surface area contributed by atoms with Crippen LogP contribution in [0.15, 0.2) is 30.3 Å². The lowest BCUT2D eigenvalue weighted by Gasteiger charge is -2.15. The monoisotopic (exact) mass is 367 g/mol. The van der Waals surface area contributed by atoms with Crippen LogP contribution >= 0.6 is 23.2 Å². The molecule has 2 aromatic carbocycles. The summed E-state index contributed by atoms with van der Waals surface area (Å²) in [7, 11) is 0. The van der Waals surface area contributed by atoms with Crippen LogP contribution < -0.4 is 14.8 Å². The molecule has 0 aliphatic carbocycles. The Morgan fingerprint density at radius 2 is 1.79 bits per heavy atom. The highest BCUT2D eigenvalue weighted by molar-refractivity contribution is 6.33. The molecule has 6 heteroatoms. The Balaban J connectivity index is 2.33. The van der Waals surface area contributed by atoms with Crippen LogP contribution in [-0.4, -0.2) is 19.1 Å². The van der Waals surface area contributed by atoms with Gasteiger partial charge in [0.25, 0.3) is 5.91 Å². The Kier molecular flexibility index (Phi) is 6.35. The molecule has 2 aromatic rings. The number of rotatable bonds is 6. The number of carbonyl (C=O) groups is 1. The first-order chi connectivity index (χ1) is 11.5. The number of carbonyl (C=O) groups excluding carboxylic acids is 1. The Morgan fingerprint density at radius 3 is 2.46 bits per heavy atom. The third-order valence-electron chi connectivity index (χ3n) is 3.31. The second-order valence-corrected chi connectivity index (χ2v) is 5.91. The molecule has 0 spiro atoms. The van der Waals surface area contributed by atoms with Crippen LogP contribution in [0.1, 0.15) is 29.8 Å². The fraction of sp³-hybridized carbons (Fsp3) is 0.278. The highest BCUT2D eigenvalue weighted by Gasteiger charge is 2.17. The fourth-order valence-corrected chi connectivity index (χ4v) is 2.61. The van der Waals surface area contributed by atoms with E-state index in [1.165, 1.54) is 0 Å². The maximum atomic E-state index is 12.5. The third-order valence-corrected chi connectivity index (χ3v) is 3.82. The van der Waals surface area contributed by atoms with Gasteiger partial charge in [0.15, 0.2) is 11.5 Å². The van der Waals surface area contributed by atoms with Gasteiger partial charge in [-0.3, -0.25) is 4.79 Å². The van der Waals surface area contributed by atoms with Gasteiger partial charge in [-0.25, -0.2) is 0 Å². The normalized spacial score (nSPS) is 10.4. The lowest BCUT2D eigenvalue weighted by atomic mass is 10.1. The van der Waals surface area contributed by atoms with Gasteiger partial charge >= 0.3 is 0 Å². The molecule has 1 N–H and O–H groups in total. The molecule has 0 unspecified atom stereocenters. The standard InChI is InChI=1S/C18H19Cl2NO3/c1-4-23-16-9-12(8-14(20)17(16)24-5-2)18(22)21-15-10-13(19)7-6-11(15)3/h6-10H,4-5H2,1-3H3,(H,21,22). The van der Waals surface area contributed by atoms with Crippen molar-refractivity contribution in [3.8, 4) is 11.5 Å². The first-order valence-electron chi connectivity index (χ1n) is 7.62. The van der Waals surface area contributed by atoms with Crippen LogP contribution in [0.4, 0.5) is 5.69 Å². The number of aryl methyl sites for hydroxylation is 1. The fourth-order valence-electron chi connectivity index (χ4n) is 2.17. The molecule has 0 aromatic heterocycles. The summed E-state index contributed by atoms with van der Waals surface area (Å²) in [4.78, 5) is 12.5. The molecule has 24 heavy (non-hydrogen) atoms. The van der Waals surface area contributed by atoms with Gasteiger partial charge < -0.3 is 14.8 Å². The largest absolute Gasteiger partial charge is 0.490 e. The van der Waals surface area contributed by atoms with E-state index in [9.17, 15) is 4.79 Å². The van der Waals surface area contributed by atoms with Crippen molar-refractivity contribution in [3.63, 3.8) is 0 Å². The van der Waals surface area contributed by atoms with Gasteiger partial charge in [-0.2, -0.15) is 0 Å². The number of hydrogen-bond acceptors (Lipinski definition) is 3. The molecule has 2 rings (SSSR count). The molecular formula is C18H19Cl2NO3. The van der Waals surface area contributed by atoms with Gasteiger partial charge in [-0.05, 0) is 50.6 Å². The summed E-state index contributed by atoms with van der Waals surface area (Å²) < 4.78 is 11.0. The lowest BCUT2D eigenvalue weighted by molar-refractivity contribution is 0.102. The van der Waals surface area contributed by atoms with E-state index < -0.39 is 0 Å². The predicted octanol–water partition coefficient (Wildman–Crippen LogP) is 5.35. The molecule has 0 saturated carbocycles. The molecule has 0 radical (unpaired) electrons. The van der Waals surface area contributed by atoms with Gasteiger partial charge in [0, 0.05) is 16.3 Å². The maximum absolute atomic E-state index is 12.5. The number of halogens is 2. The van der Waals surface area contributed by atoms with Gasteiger partial charge in [-0.1, -0.05) is 29.3 Å². The third kappa shape index (κ3) is 4.34. The number of ether oxygens (including phenoxy) is 2. The summed E-state index contributed by atoms with van der Waals surface area (Å²) in [6, 6.07) is 8.50. The topological polar surface area (TPSA) is 47.6 Å². The van der Waals surface area contributed by atoms with E-state index in [1.54, 1.807) is 24.3 Å². The summed E-state index contributed by atoms with van der Waals surface area (Å²) >= 11 is 12.2. The minimum atomic E-state index is -0.300. The smallest absolute Gasteiger partial charge is 0.255 e. The first kappa shape index (κ1) is 18.4. The predicted molar refractivity (Wildman–Crippen MR) is 97.9 cm³/mol. The highest BCUT2D eigenvalue weighted by atomic mass is 35.5. The molecule has 4 nitrogen and oxygen atoms in total. The van der Waals surface area contributed by atoms with Crippen molar-refractivity contribution in [1.29, 1.82) is 0 Å². The van der Waals surface area contributed by atoms with Crippen molar-refractivity contribution >= 4 is 34.8 Å². The first-order valence-corrected chi connectivity index (χ1v) is 8.38. The van der Waals surface area contributed by atoms with Gasteiger partial charge in [-0.15, -0.1) is 0 Å². The number of nitrogens with one attached hydrogen (secondary N) is 1. The van der Waals surface area contributed by atoms with Crippen molar-refractivity contribution in [2.75, 3.05) is 18.5 Å². The van der Waals surface area contributed by atoms with E-state index in [4.69, 9.17) is 32.7 Å². The number of anilines is 1. The Labute approximate surface area is 151 Å². The second-order valence-electron chi connectivity index (χ2n) is 5.06. The number of benzene rings is 2. The summed E-state index contributed by atoms with van der Waals surface area (Å²) in [5, 5.41) is 3.72. The van der Waals surface area contributed by atoms with Crippen LogP contribution in [0.25, 0.3) is 0 Å². The van der Waals surface area contributed by atoms with Crippen molar-refractivity contribution < 1.29 is 14.3 Å². The SMILES string of the molecule is CCOc1cc(C(=O)Nc2cc(Cl)ccc2C)cc(Cl)c1OCC. The Morgan fingerprint density at radius 1 is 1.08 bits per heavy atom. The molecule has 128 valence electrons. The molecule has 0 atom stereocenters. The maximum Gasteiger partial charge on any atom is 0.255 e. The van der Waals surface area contributed by atoms with E-state index in [0.29, 0.717) is 46.0 Å². The zero-order valence-electron chi connectivity index (χ0n) is 13.8. The minimum absolute atomic E-state index is 0.300. The average molecular weight is 368 g/mol. The number of amides is 1. The van der Waals surface area contributed by atoms with Crippen LogP contribution in [0.5, 0.6) is 11.5 Å². The Bertz CT molecular complexity index is 747. The summed E-state index contributed by atoms with van der Waals surface area (Å²) in [6.07, 6.45) is 0. The van der Waals surface area contributed by atoms with Crippen molar-refractivity contribution in [2.45, 2.75) is 20.8 Å². The Hall–Kier alpha value is -1.91. The molecular weight excluding hydrogens is 349 g/mol. The molecule has 0 aliphatic heterocycles. The quantitative estimate of drug-likeness (QED) is 0.748. The molecule has 0 heterocycles. The molecule has 0 saturated heterocycles. The van der Waals surface area contributed by atoms with Crippen molar-refractivity contribution in [3.05, 3.63) is 51.5 Å². The zero-order valence-corrected chi connectivity index (χ0v) is 15.3. The van der Waals surface area contributed by atoms with Crippen molar-refractivity contribution in [2.24, 2.45) is 0 Å². The van der Waals surface area contributed by atoms with E-state index in [2.05, 4.69) is 5.32 Å². The van der Waals surface area contributed by atoms with Gasteiger partial charge in [0.2, 0.25) is 0 Å². The minimum Gasteiger partial charge on any atom is -0.490 e. The highest BCUT2D eigenvalue weighted by Crippen LogP contribution is 2.37. The average Bonchev–Trinajstić information content (AvgIpc) is 2.54. The molecule has 0 bridgehead atoms. The van der Waals surface area contributed by atoms with E-state index >= 15 is 0 Å². The van der Waals surface area contributed by atoms with Crippen LogP contribution in [-0.2, 0) is 0 Å². The van der Waals surface area contributed by atoms with E-state index in [1.807, 2.05) is 26.8 Å². The second kappa shape index (κ2) is 8.27. The summed E-state index contributed by atoms with van der Waals surface area (Å²) in [6.45, 7) is 6.49. The van der Waals surface area contributed by atoms with Crippen LogP contribution in [0.3, 0.4) is 0 Å². The summed E-state index contributed by atoms with van der Waals surface area (Å²) in [5.74, 6) is 0.586. The van der Waals surface area contributed by atoms with E-state index in [0.717, 1.165) is 5.56 Å². The zero-order chi connectivity index (χ0) is 17.7. The molecule has 0 fully saturated rings. The summed E-state index contributed by atoms with van der Waals surface area (Å²) in [5.41, 5.74) is 1.94. The van der Waals surface area contributed by atoms with Crippen LogP contribution in [0, 0.1) is 6.92 Å². The molecule has 0 aliphatic rings. The lowest BCUT2D eigenvalue weighted by Crippen LogP contribution is -2.13. The van der Waals surface area contributed by atoms with Gasteiger partial charge in [0.1, 0.15) is 0 Å². The van der Waals surface area contributed by atoms with E-state index in [-0.39, 0.29) is 5.91 Å². The van der Waals surface area contributed by atoms with Crippen molar-refractivity contribution in [1.82, 2.24) is 0 Å². The number of hydrogen-bond donors (Lipinski definition) is 1. The van der Waals surface area contributed by atoms with Gasteiger partial charge in [0.05, 0.1) is 18.2 Å². The van der Waals surface area contributed by atoms with Crippen LogP contribution in [0.2, 0.25) is 10.0 Å². The molecule has 1 amide bonds.